The molecule has 0 aromatic heterocycles. The number of hydrogen-bond acceptors (Lipinski definition) is 2. The molecule has 94 valence electrons. The molecule has 0 atom stereocenters. The summed E-state index contributed by atoms with van der Waals surface area (Å²) in [5.74, 6) is 0. The smallest absolute Gasteiger partial charge is 0.0931 e. The van der Waals surface area contributed by atoms with Gasteiger partial charge in [0, 0.05) is 5.56 Å². The first-order valence-electron chi connectivity index (χ1n) is 6.69. The van der Waals surface area contributed by atoms with Crippen LogP contribution >= 0.6 is 0 Å². The zero-order valence-electron chi connectivity index (χ0n) is 10.8. The predicted molar refractivity (Wildman–Crippen MR) is 78.9 cm³/mol. The minimum absolute atomic E-state index is 0.887. The molecular formula is C17H16N2. The first-order chi connectivity index (χ1) is 9.43. The van der Waals surface area contributed by atoms with E-state index >= 15 is 0 Å². The van der Waals surface area contributed by atoms with Crippen LogP contribution in [0.15, 0.2) is 70.9 Å². The maximum Gasteiger partial charge on any atom is 0.0931 e. The minimum atomic E-state index is 0.887. The van der Waals surface area contributed by atoms with Gasteiger partial charge in [0.05, 0.1) is 11.4 Å². The van der Waals surface area contributed by atoms with Gasteiger partial charge in [0.2, 0.25) is 0 Å². The fourth-order valence-corrected chi connectivity index (χ4v) is 2.35. The second kappa shape index (κ2) is 5.61. The zero-order chi connectivity index (χ0) is 12.9. The van der Waals surface area contributed by atoms with Gasteiger partial charge in [-0.3, -0.25) is 0 Å². The van der Waals surface area contributed by atoms with Crippen LogP contribution in [0.3, 0.4) is 0 Å². The van der Waals surface area contributed by atoms with E-state index in [2.05, 4.69) is 28.4 Å². The molecule has 0 spiro atoms. The Hall–Kier alpha value is -2.22. The van der Waals surface area contributed by atoms with Gasteiger partial charge in [-0.05, 0) is 43.0 Å². The first kappa shape index (κ1) is 11.8. The number of rotatable bonds is 3. The second-order valence-electron chi connectivity index (χ2n) is 4.67. The van der Waals surface area contributed by atoms with Crippen LogP contribution in [0.2, 0.25) is 0 Å². The standard InChI is InChI=1S/C17H16N2/c1-2-10-15(11-3-1)18-19-17-13-7-6-12-16(17)14-8-4-5-9-14/h1-3,6-8,10-13H,4-5,9H2. The van der Waals surface area contributed by atoms with E-state index in [0.717, 1.165) is 17.8 Å². The van der Waals surface area contributed by atoms with Gasteiger partial charge in [0.25, 0.3) is 0 Å². The molecule has 0 bridgehead atoms. The Morgan fingerprint density at radius 2 is 1.58 bits per heavy atom. The summed E-state index contributed by atoms with van der Waals surface area (Å²) < 4.78 is 0. The van der Waals surface area contributed by atoms with Gasteiger partial charge in [-0.25, -0.2) is 0 Å². The Balaban J connectivity index is 1.91. The van der Waals surface area contributed by atoms with Crippen LogP contribution < -0.4 is 0 Å². The van der Waals surface area contributed by atoms with Gasteiger partial charge in [-0.2, -0.15) is 5.11 Å². The van der Waals surface area contributed by atoms with Crippen LogP contribution in [-0.2, 0) is 0 Å². The Morgan fingerprint density at radius 1 is 0.789 bits per heavy atom. The van der Waals surface area contributed by atoms with E-state index in [9.17, 15) is 0 Å². The van der Waals surface area contributed by atoms with Crippen molar-refractivity contribution in [2.75, 3.05) is 0 Å². The molecule has 2 aromatic carbocycles. The highest BCUT2D eigenvalue weighted by Gasteiger charge is 2.10. The molecule has 0 unspecified atom stereocenters. The maximum atomic E-state index is 4.41. The van der Waals surface area contributed by atoms with Gasteiger partial charge in [-0.15, -0.1) is 5.11 Å². The van der Waals surface area contributed by atoms with E-state index in [-0.39, 0.29) is 0 Å². The molecule has 2 aromatic rings. The number of benzene rings is 2. The van der Waals surface area contributed by atoms with Crippen LogP contribution in [0.4, 0.5) is 11.4 Å². The number of hydrogen-bond donors (Lipinski definition) is 0. The van der Waals surface area contributed by atoms with Crippen LogP contribution in [-0.4, -0.2) is 0 Å². The minimum Gasteiger partial charge on any atom is -0.151 e. The molecule has 0 fully saturated rings. The Bertz CT molecular complexity index is 612. The van der Waals surface area contributed by atoms with E-state index in [1.54, 1.807) is 0 Å². The molecule has 0 N–H and O–H groups in total. The van der Waals surface area contributed by atoms with Crippen LogP contribution in [0.1, 0.15) is 24.8 Å². The van der Waals surface area contributed by atoms with Crippen LogP contribution in [0, 0.1) is 0 Å². The summed E-state index contributed by atoms with van der Waals surface area (Å²) in [6.45, 7) is 0. The molecule has 19 heavy (non-hydrogen) atoms. The third-order valence-corrected chi connectivity index (χ3v) is 3.32. The SMILES string of the molecule is C1=C(c2ccccc2N=Nc2ccccc2)CCC1. The first-order valence-corrected chi connectivity index (χ1v) is 6.69. The van der Waals surface area contributed by atoms with E-state index < -0.39 is 0 Å². The van der Waals surface area contributed by atoms with Crippen LogP contribution in [0.5, 0.6) is 0 Å². The number of nitrogens with zero attached hydrogens (tertiary/aromatic N) is 2. The topological polar surface area (TPSA) is 24.7 Å². The number of azo groups is 1. The van der Waals surface area contributed by atoms with Gasteiger partial charge >= 0.3 is 0 Å². The van der Waals surface area contributed by atoms with Gasteiger partial charge < -0.3 is 0 Å². The molecule has 2 heteroatoms. The summed E-state index contributed by atoms with van der Waals surface area (Å²) in [5, 5.41) is 8.71. The summed E-state index contributed by atoms with van der Waals surface area (Å²) in [4.78, 5) is 0. The predicted octanol–water partition coefficient (Wildman–Crippen LogP) is 5.67. The van der Waals surface area contributed by atoms with Crippen molar-refractivity contribution in [3.8, 4) is 0 Å². The van der Waals surface area contributed by atoms with Crippen molar-refractivity contribution < 1.29 is 0 Å². The Morgan fingerprint density at radius 3 is 2.37 bits per heavy atom. The normalized spacial score (nSPS) is 14.8. The molecule has 1 aliphatic rings. The summed E-state index contributed by atoms with van der Waals surface area (Å²) in [7, 11) is 0. The molecule has 0 heterocycles. The third kappa shape index (κ3) is 2.79. The Labute approximate surface area is 113 Å². The summed E-state index contributed by atoms with van der Waals surface area (Å²) in [6.07, 6.45) is 5.90. The molecule has 0 saturated heterocycles. The van der Waals surface area contributed by atoms with E-state index in [1.165, 1.54) is 24.0 Å². The fraction of sp³-hybridized carbons (Fsp3) is 0.176. The van der Waals surface area contributed by atoms with Gasteiger partial charge in [0.1, 0.15) is 0 Å². The van der Waals surface area contributed by atoms with Crippen molar-refractivity contribution in [1.29, 1.82) is 0 Å². The highest BCUT2D eigenvalue weighted by molar-refractivity contribution is 5.75. The lowest BCUT2D eigenvalue weighted by atomic mass is 10.0. The number of allylic oxidation sites excluding steroid dienone is 2. The average Bonchev–Trinajstić information content (AvgIpc) is 3.01. The lowest BCUT2D eigenvalue weighted by Gasteiger charge is -2.05. The molecule has 0 saturated carbocycles. The van der Waals surface area contributed by atoms with E-state index in [0.29, 0.717) is 0 Å². The van der Waals surface area contributed by atoms with Crippen molar-refractivity contribution in [2.45, 2.75) is 19.3 Å². The van der Waals surface area contributed by atoms with Crippen molar-refractivity contribution in [2.24, 2.45) is 10.2 Å². The molecule has 0 radical (unpaired) electrons. The van der Waals surface area contributed by atoms with Crippen molar-refractivity contribution >= 4 is 16.9 Å². The van der Waals surface area contributed by atoms with Crippen LogP contribution in [0.25, 0.3) is 5.57 Å². The molecular weight excluding hydrogens is 232 g/mol. The summed E-state index contributed by atoms with van der Waals surface area (Å²) in [5.41, 5.74) is 4.47. The molecule has 2 nitrogen and oxygen atoms in total. The second-order valence-corrected chi connectivity index (χ2v) is 4.67. The molecule has 3 rings (SSSR count). The summed E-state index contributed by atoms with van der Waals surface area (Å²) in [6, 6.07) is 18.1. The quantitative estimate of drug-likeness (QED) is 0.625. The average molecular weight is 248 g/mol. The van der Waals surface area contributed by atoms with Crippen molar-refractivity contribution in [3.63, 3.8) is 0 Å². The zero-order valence-corrected chi connectivity index (χ0v) is 10.8. The molecule has 0 aliphatic heterocycles. The lowest BCUT2D eigenvalue weighted by molar-refractivity contribution is 0.935. The van der Waals surface area contributed by atoms with E-state index in [4.69, 9.17) is 0 Å². The van der Waals surface area contributed by atoms with Crippen molar-refractivity contribution in [1.82, 2.24) is 0 Å². The summed E-state index contributed by atoms with van der Waals surface area (Å²) >= 11 is 0. The lowest BCUT2D eigenvalue weighted by Crippen LogP contribution is -1.81. The fourth-order valence-electron chi connectivity index (χ4n) is 2.35. The molecule has 0 amide bonds. The van der Waals surface area contributed by atoms with Gasteiger partial charge in [0.15, 0.2) is 0 Å². The van der Waals surface area contributed by atoms with Crippen molar-refractivity contribution in [3.05, 3.63) is 66.2 Å². The van der Waals surface area contributed by atoms with Gasteiger partial charge in [-0.1, -0.05) is 42.5 Å². The highest BCUT2D eigenvalue weighted by atomic mass is 15.1. The largest absolute Gasteiger partial charge is 0.151 e. The Kier molecular flexibility index (Phi) is 3.50. The maximum absolute atomic E-state index is 4.41. The monoisotopic (exact) mass is 248 g/mol. The highest BCUT2D eigenvalue weighted by Crippen LogP contribution is 2.34. The molecule has 1 aliphatic carbocycles. The third-order valence-electron chi connectivity index (χ3n) is 3.32. The van der Waals surface area contributed by atoms with E-state index in [1.807, 2.05) is 42.5 Å².